The van der Waals surface area contributed by atoms with Gasteiger partial charge in [0.15, 0.2) is 4.80 Å². The van der Waals surface area contributed by atoms with E-state index in [9.17, 15) is 14.0 Å². The van der Waals surface area contributed by atoms with Crippen molar-refractivity contribution < 1.29 is 18.7 Å². The van der Waals surface area contributed by atoms with Crippen LogP contribution >= 0.6 is 22.9 Å². The van der Waals surface area contributed by atoms with Gasteiger partial charge in [0, 0.05) is 16.3 Å². The zero-order valence-electron chi connectivity index (χ0n) is 25.0. The van der Waals surface area contributed by atoms with Gasteiger partial charge < -0.3 is 14.8 Å². The number of halogens is 2. The Bertz CT molecular complexity index is 2110. The van der Waals surface area contributed by atoms with Gasteiger partial charge >= 0.3 is 0 Å². The minimum absolute atomic E-state index is 0.195. The molecular formula is C36H29ClFN3O4S. The predicted octanol–water partition coefficient (Wildman–Crippen LogP) is 6.64. The zero-order chi connectivity index (χ0) is 32.2. The average molecular weight is 654 g/mol. The monoisotopic (exact) mass is 653 g/mol. The van der Waals surface area contributed by atoms with Crippen LogP contribution in [0.5, 0.6) is 11.5 Å². The summed E-state index contributed by atoms with van der Waals surface area (Å²) in [6, 6.07) is 27.0. The fourth-order valence-electron chi connectivity index (χ4n) is 5.21. The molecule has 4 aromatic carbocycles. The van der Waals surface area contributed by atoms with E-state index in [2.05, 4.69) is 5.32 Å². The number of para-hydroxylation sites is 1. The highest BCUT2D eigenvalue weighted by Crippen LogP contribution is 2.32. The summed E-state index contributed by atoms with van der Waals surface area (Å²) in [5.74, 6) is 0.503. The number of hydrogen-bond donors (Lipinski definition) is 1. The van der Waals surface area contributed by atoms with Crippen molar-refractivity contribution in [3.63, 3.8) is 0 Å². The van der Waals surface area contributed by atoms with Crippen molar-refractivity contribution in [3.8, 4) is 11.5 Å². The van der Waals surface area contributed by atoms with Crippen molar-refractivity contribution in [3.05, 3.63) is 156 Å². The van der Waals surface area contributed by atoms with Crippen LogP contribution in [0.15, 0.2) is 118 Å². The summed E-state index contributed by atoms with van der Waals surface area (Å²) in [4.78, 5) is 33.2. The lowest BCUT2D eigenvalue weighted by Crippen LogP contribution is -2.40. The number of benzene rings is 4. The molecule has 6 rings (SSSR count). The van der Waals surface area contributed by atoms with Gasteiger partial charge in [0.05, 0.1) is 28.5 Å². The first-order chi connectivity index (χ1) is 22.3. The number of ether oxygens (including phenoxy) is 2. The van der Waals surface area contributed by atoms with E-state index in [4.69, 9.17) is 26.1 Å². The first-order valence-corrected chi connectivity index (χ1v) is 15.8. The zero-order valence-corrected chi connectivity index (χ0v) is 26.6. The summed E-state index contributed by atoms with van der Waals surface area (Å²) in [7, 11) is 0. The molecule has 1 aromatic heterocycles. The lowest BCUT2D eigenvalue weighted by molar-refractivity contribution is -0.113. The summed E-state index contributed by atoms with van der Waals surface area (Å²) < 4.78 is 27.0. The molecule has 0 radical (unpaired) electrons. The van der Waals surface area contributed by atoms with Gasteiger partial charge in [0.25, 0.3) is 11.5 Å². The van der Waals surface area contributed by atoms with Crippen LogP contribution in [0.25, 0.3) is 6.08 Å². The van der Waals surface area contributed by atoms with Crippen molar-refractivity contribution in [2.75, 3.05) is 11.9 Å². The molecule has 1 atom stereocenters. The van der Waals surface area contributed by atoms with Gasteiger partial charge in [-0.05, 0) is 85.6 Å². The number of carbonyl (C=O) groups excluding carboxylic acids is 1. The number of aromatic nitrogens is 1. The molecule has 1 unspecified atom stereocenters. The number of nitrogens with zero attached hydrogens (tertiary/aromatic N) is 2. The summed E-state index contributed by atoms with van der Waals surface area (Å²) in [6.07, 6.45) is 1.72. The van der Waals surface area contributed by atoms with Crippen LogP contribution in [0.1, 0.15) is 36.6 Å². The van der Waals surface area contributed by atoms with E-state index in [-0.39, 0.29) is 23.9 Å². The maximum atomic E-state index is 14.2. The summed E-state index contributed by atoms with van der Waals surface area (Å²) in [5, 5.41) is 3.43. The van der Waals surface area contributed by atoms with E-state index in [0.29, 0.717) is 55.0 Å². The fraction of sp³-hybridized carbons (Fsp3) is 0.139. The molecule has 2 heterocycles. The predicted molar refractivity (Wildman–Crippen MR) is 179 cm³/mol. The molecule has 0 saturated heterocycles. The van der Waals surface area contributed by atoms with Crippen LogP contribution in [0.3, 0.4) is 0 Å². The Morgan fingerprint density at radius 1 is 1.02 bits per heavy atom. The third-order valence-corrected chi connectivity index (χ3v) is 8.59. The van der Waals surface area contributed by atoms with E-state index in [1.807, 2.05) is 49.4 Å². The topological polar surface area (TPSA) is 81.9 Å². The molecule has 0 fully saturated rings. The third kappa shape index (κ3) is 6.66. The van der Waals surface area contributed by atoms with Gasteiger partial charge in [-0.2, -0.15) is 0 Å². The Kier molecular flexibility index (Phi) is 9.14. The van der Waals surface area contributed by atoms with Crippen LogP contribution in [0, 0.1) is 5.82 Å². The Morgan fingerprint density at radius 3 is 2.48 bits per heavy atom. The lowest BCUT2D eigenvalue weighted by Gasteiger charge is -2.25. The standard InChI is InChI=1S/C36H29ClFN3O4S/c1-3-44-29-16-11-24(12-17-29)33-32(34(42)40-28-7-5-4-6-8-28)22(2)39-36-41(33)35(43)31(46-36)20-25-19-26(37)13-18-30(25)45-21-23-9-14-27(38)15-10-23/h4-20,33H,3,21H2,1-2H3,(H,40,42). The van der Waals surface area contributed by atoms with Crippen molar-refractivity contribution in [1.29, 1.82) is 0 Å². The highest BCUT2D eigenvalue weighted by Gasteiger charge is 2.32. The van der Waals surface area contributed by atoms with Gasteiger partial charge in [-0.15, -0.1) is 0 Å². The maximum absolute atomic E-state index is 14.2. The van der Waals surface area contributed by atoms with Crippen molar-refractivity contribution in [2.45, 2.75) is 26.5 Å². The number of hydrogen-bond acceptors (Lipinski definition) is 6. The van der Waals surface area contributed by atoms with Crippen LogP contribution in [0.2, 0.25) is 5.02 Å². The smallest absolute Gasteiger partial charge is 0.271 e. The maximum Gasteiger partial charge on any atom is 0.271 e. The molecule has 1 N–H and O–H groups in total. The molecule has 7 nitrogen and oxygen atoms in total. The fourth-order valence-corrected chi connectivity index (χ4v) is 6.42. The molecule has 0 spiro atoms. The Morgan fingerprint density at radius 2 is 1.76 bits per heavy atom. The Balaban J connectivity index is 1.43. The minimum atomic E-state index is -0.744. The van der Waals surface area contributed by atoms with E-state index in [1.165, 1.54) is 23.5 Å². The quantitative estimate of drug-likeness (QED) is 0.193. The highest BCUT2D eigenvalue weighted by molar-refractivity contribution is 7.07. The molecule has 5 aromatic rings. The largest absolute Gasteiger partial charge is 0.494 e. The van der Waals surface area contributed by atoms with E-state index >= 15 is 0 Å². The number of rotatable bonds is 9. The Labute approximate surface area is 273 Å². The second-order valence-corrected chi connectivity index (χ2v) is 11.9. The molecule has 1 aliphatic rings. The SMILES string of the molecule is CCOc1ccc(C2C(C(=O)Nc3ccccc3)=C(C)N=c3sc(=Cc4cc(Cl)ccc4OCc4ccc(F)cc4)c(=O)n32)cc1. The van der Waals surface area contributed by atoms with Gasteiger partial charge in [-0.25, -0.2) is 9.38 Å². The molecule has 1 aliphatic heterocycles. The van der Waals surface area contributed by atoms with Gasteiger partial charge in [-0.3, -0.25) is 14.2 Å². The first kappa shape index (κ1) is 31.0. The number of thiazole rings is 1. The summed E-state index contributed by atoms with van der Waals surface area (Å²) >= 11 is 7.58. The van der Waals surface area contributed by atoms with Crippen molar-refractivity contribution >= 4 is 40.6 Å². The van der Waals surface area contributed by atoms with E-state index < -0.39 is 6.04 Å². The van der Waals surface area contributed by atoms with E-state index in [1.54, 1.807) is 60.0 Å². The van der Waals surface area contributed by atoms with Crippen molar-refractivity contribution in [1.82, 2.24) is 4.57 Å². The van der Waals surface area contributed by atoms with Crippen LogP contribution in [-0.4, -0.2) is 17.1 Å². The van der Waals surface area contributed by atoms with Gasteiger partial charge in [0.1, 0.15) is 23.9 Å². The van der Waals surface area contributed by atoms with Gasteiger partial charge in [0.2, 0.25) is 0 Å². The Hall–Kier alpha value is -4.99. The highest BCUT2D eigenvalue weighted by atomic mass is 35.5. The molecule has 1 amide bonds. The van der Waals surface area contributed by atoms with Gasteiger partial charge in [-0.1, -0.05) is 65.4 Å². The summed E-state index contributed by atoms with van der Waals surface area (Å²) in [6.45, 7) is 4.39. The minimum Gasteiger partial charge on any atom is -0.494 e. The molecular weight excluding hydrogens is 625 g/mol. The number of carbonyl (C=O) groups is 1. The second-order valence-electron chi connectivity index (χ2n) is 10.5. The number of nitrogens with one attached hydrogen (secondary N) is 1. The van der Waals surface area contributed by atoms with Crippen LogP contribution in [0.4, 0.5) is 10.1 Å². The molecule has 46 heavy (non-hydrogen) atoms. The lowest BCUT2D eigenvalue weighted by atomic mass is 9.95. The molecule has 232 valence electrons. The number of amides is 1. The molecule has 10 heteroatoms. The number of allylic oxidation sites excluding steroid dienone is 1. The average Bonchev–Trinajstić information content (AvgIpc) is 3.35. The van der Waals surface area contributed by atoms with Crippen LogP contribution in [-0.2, 0) is 11.4 Å². The number of anilines is 1. The summed E-state index contributed by atoms with van der Waals surface area (Å²) in [5.41, 5.74) is 3.29. The number of fused-ring (bicyclic) bond motifs is 1. The molecule has 0 aliphatic carbocycles. The molecule has 0 bridgehead atoms. The van der Waals surface area contributed by atoms with Crippen LogP contribution < -0.4 is 29.7 Å². The molecule has 0 saturated carbocycles. The second kappa shape index (κ2) is 13.6. The van der Waals surface area contributed by atoms with E-state index in [0.717, 1.165) is 11.1 Å². The first-order valence-electron chi connectivity index (χ1n) is 14.6. The van der Waals surface area contributed by atoms with Crippen molar-refractivity contribution in [2.24, 2.45) is 4.99 Å². The third-order valence-electron chi connectivity index (χ3n) is 7.37. The normalized spacial score (nSPS) is 14.4.